The van der Waals surface area contributed by atoms with Crippen LogP contribution in [0.2, 0.25) is 0 Å². The van der Waals surface area contributed by atoms with Crippen LogP contribution in [-0.2, 0) is 9.53 Å². The number of methoxy groups -OCH3 is 2. The summed E-state index contributed by atoms with van der Waals surface area (Å²) in [7, 11) is 3.21. The summed E-state index contributed by atoms with van der Waals surface area (Å²) >= 11 is 0. The quantitative estimate of drug-likeness (QED) is 0.651. The smallest absolute Gasteiger partial charge is 0.244 e. The van der Waals surface area contributed by atoms with E-state index in [9.17, 15) is 4.79 Å². The SMILES string of the molecule is COc1ccc(/C=C/C(=O)N[C@H](C[NH+]2CCOCC2)c2ccc(C)cc2)c(OC)c1. The van der Waals surface area contributed by atoms with Gasteiger partial charge >= 0.3 is 0 Å². The van der Waals surface area contributed by atoms with Gasteiger partial charge in [-0.15, -0.1) is 0 Å². The highest BCUT2D eigenvalue weighted by Gasteiger charge is 2.22. The molecule has 1 atom stereocenters. The zero-order chi connectivity index (χ0) is 21.3. The van der Waals surface area contributed by atoms with Crippen molar-refractivity contribution in [2.24, 2.45) is 0 Å². The van der Waals surface area contributed by atoms with E-state index >= 15 is 0 Å². The molecule has 160 valence electrons. The Morgan fingerprint density at radius 2 is 1.87 bits per heavy atom. The van der Waals surface area contributed by atoms with Crippen molar-refractivity contribution in [2.45, 2.75) is 13.0 Å². The Kier molecular flexibility index (Phi) is 7.88. The minimum Gasteiger partial charge on any atom is -0.497 e. The number of morpholine rings is 1. The van der Waals surface area contributed by atoms with Gasteiger partial charge in [0.1, 0.15) is 37.2 Å². The number of benzene rings is 2. The van der Waals surface area contributed by atoms with Crippen LogP contribution in [0.1, 0.15) is 22.7 Å². The van der Waals surface area contributed by atoms with E-state index in [-0.39, 0.29) is 11.9 Å². The lowest BCUT2D eigenvalue weighted by molar-refractivity contribution is -0.909. The maximum absolute atomic E-state index is 12.7. The number of ether oxygens (including phenoxy) is 3. The molecule has 0 aromatic heterocycles. The average molecular weight is 412 g/mol. The summed E-state index contributed by atoms with van der Waals surface area (Å²) in [6, 6.07) is 13.8. The fourth-order valence-corrected chi connectivity index (χ4v) is 3.55. The van der Waals surface area contributed by atoms with Gasteiger partial charge in [0.15, 0.2) is 0 Å². The van der Waals surface area contributed by atoms with E-state index < -0.39 is 0 Å². The minimum absolute atomic E-state index is 0.0615. The molecule has 6 heteroatoms. The highest BCUT2D eigenvalue weighted by molar-refractivity contribution is 5.92. The van der Waals surface area contributed by atoms with E-state index in [0.29, 0.717) is 11.5 Å². The lowest BCUT2D eigenvalue weighted by atomic mass is 10.0. The molecule has 0 radical (unpaired) electrons. The van der Waals surface area contributed by atoms with Crippen LogP contribution in [0.15, 0.2) is 48.5 Å². The Morgan fingerprint density at radius 1 is 1.13 bits per heavy atom. The maximum Gasteiger partial charge on any atom is 0.244 e. The van der Waals surface area contributed by atoms with Gasteiger partial charge in [0, 0.05) is 17.7 Å². The topological polar surface area (TPSA) is 61.2 Å². The van der Waals surface area contributed by atoms with Crippen molar-refractivity contribution in [3.8, 4) is 11.5 Å². The van der Waals surface area contributed by atoms with Crippen LogP contribution in [0.4, 0.5) is 0 Å². The highest BCUT2D eigenvalue weighted by atomic mass is 16.5. The highest BCUT2D eigenvalue weighted by Crippen LogP contribution is 2.25. The Morgan fingerprint density at radius 3 is 2.53 bits per heavy atom. The molecule has 2 N–H and O–H groups in total. The minimum atomic E-state index is -0.133. The molecule has 1 fully saturated rings. The predicted molar refractivity (Wildman–Crippen MR) is 117 cm³/mol. The number of amides is 1. The summed E-state index contributed by atoms with van der Waals surface area (Å²) in [6.07, 6.45) is 3.32. The molecule has 0 aliphatic carbocycles. The molecule has 1 saturated heterocycles. The Labute approximate surface area is 178 Å². The number of rotatable bonds is 8. The van der Waals surface area contributed by atoms with E-state index in [1.807, 2.05) is 12.1 Å². The third-order valence-electron chi connectivity index (χ3n) is 5.34. The van der Waals surface area contributed by atoms with E-state index in [2.05, 4.69) is 36.5 Å². The third-order valence-corrected chi connectivity index (χ3v) is 5.34. The van der Waals surface area contributed by atoms with E-state index in [4.69, 9.17) is 14.2 Å². The van der Waals surface area contributed by atoms with Gasteiger partial charge in [0.2, 0.25) is 5.91 Å². The van der Waals surface area contributed by atoms with E-state index in [0.717, 1.165) is 44.0 Å². The van der Waals surface area contributed by atoms with Gasteiger partial charge in [0.05, 0.1) is 27.4 Å². The Hall–Kier alpha value is -2.83. The number of hydrogen-bond donors (Lipinski definition) is 2. The molecule has 3 rings (SSSR count). The molecule has 6 nitrogen and oxygen atoms in total. The number of hydrogen-bond acceptors (Lipinski definition) is 4. The number of aryl methyl sites for hydroxylation is 1. The van der Waals surface area contributed by atoms with Crippen molar-refractivity contribution >= 4 is 12.0 Å². The monoisotopic (exact) mass is 411 g/mol. The number of quaternary nitrogens is 1. The van der Waals surface area contributed by atoms with Crippen molar-refractivity contribution in [1.82, 2.24) is 5.32 Å². The molecule has 2 aromatic rings. The van der Waals surface area contributed by atoms with Crippen molar-refractivity contribution in [3.05, 3.63) is 65.2 Å². The van der Waals surface area contributed by atoms with Gasteiger partial charge in [-0.3, -0.25) is 4.79 Å². The Balaban J connectivity index is 1.72. The second-order valence-electron chi connectivity index (χ2n) is 7.48. The first-order chi connectivity index (χ1) is 14.6. The molecule has 0 saturated carbocycles. The zero-order valence-corrected chi connectivity index (χ0v) is 17.9. The second-order valence-corrected chi connectivity index (χ2v) is 7.48. The first-order valence-corrected chi connectivity index (χ1v) is 10.3. The van der Waals surface area contributed by atoms with Gasteiger partial charge < -0.3 is 24.4 Å². The number of carbonyl (C=O) groups excluding carboxylic acids is 1. The van der Waals surface area contributed by atoms with Crippen LogP contribution >= 0.6 is 0 Å². The predicted octanol–water partition coefficient (Wildman–Crippen LogP) is 1.80. The largest absolute Gasteiger partial charge is 0.497 e. The molecular formula is C24H31N2O4+. The van der Waals surface area contributed by atoms with Crippen LogP contribution in [-0.4, -0.2) is 53.0 Å². The maximum atomic E-state index is 12.7. The van der Waals surface area contributed by atoms with Crippen molar-refractivity contribution in [3.63, 3.8) is 0 Å². The van der Waals surface area contributed by atoms with Crippen LogP contribution in [0.5, 0.6) is 11.5 Å². The summed E-state index contributed by atoms with van der Waals surface area (Å²) in [5.74, 6) is 1.23. The molecule has 30 heavy (non-hydrogen) atoms. The summed E-state index contributed by atoms with van der Waals surface area (Å²) < 4.78 is 16.1. The molecule has 1 aliphatic heterocycles. The van der Waals surface area contributed by atoms with E-state index in [1.165, 1.54) is 10.5 Å². The van der Waals surface area contributed by atoms with Crippen molar-refractivity contribution in [1.29, 1.82) is 0 Å². The number of carbonyl (C=O) groups is 1. The molecule has 0 bridgehead atoms. The van der Waals surface area contributed by atoms with Gasteiger partial charge in [-0.1, -0.05) is 29.8 Å². The fraction of sp³-hybridized carbons (Fsp3) is 0.375. The molecule has 1 amide bonds. The van der Waals surface area contributed by atoms with Gasteiger partial charge in [-0.2, -0.15) is 0 Å². The van der Waals surface area contributed by atoms with Gasteiger partial charge in [-0.05, 0) is 30.7 Å². The van der Waals surface area contributed by atoms with Gasteiger partial charge in [0.25, 0.3) is 0 Å². The molecule has 1 heterocycles. The summed E-state index contributed by atoms with van der Waals surface area (Å²) in [5.41, 5.74) is 3.14. The second kappa shape index (κ2) is 10.8. The van der Waals surface area contributed by atoms with Crippen LogP contribution in [0.3, 0.4) is 0 Å². The molecule has 1 aliphatic rings. The van der Waals surface area contributed by atoms with Crippen molar-refractivity contribution in [2.75, 3.05) is 47.1 Å². The lowest BCUT2D eigenvalue weighted by Gasteiger charge is -2.28. The first-order valence-electron chi connectivity index (χ1n) is 10.3. The van der Waals surface area contributed by atoms with Crippen molar-refractivity contribution < 1.29 is 23.9 Å². The molecule has 2 aromatic carbocycles. The van der Waals surface area contributed by atoms with Gasteiger partial charge in [-0.25, -0.2) is 0 Å². The Bertz CT molecular complexity index is 858. The standard InChI is InChI=1S/C24H30N2O4/c1-18-4-6-19(7-5-18)22(17-26-12-14-30-15-13-26)25-24(27)11-9-20-8-10-21(28-2)16-23(20)29-3/h4-11,16,22H,12-15,17H2,1-3H3,(H,25,27)/p+1/b11-9+/t22-/m1/s1. The van der Waals surface area contributed by atoms with Crippen LogP contribution in [0, 0.1) is 6.92 Å². The average Bonchev–Trinajstić information content (AvgIpc) is 2.78. The third kappa shape index (κ3) is 6.08. The first kappa shape index (κ1) is 21.9. The molecule has 0 unspecified atom stereocenters. The molecule has 0 spiro atoms. The van der Waals surface area contributed by atoms with E-state index in [1.54, 1.807) is 32.4 Å². The zero-order valence-electron chi connectivity index (χ0n) is 17.9. The molecular weight excluding hydrogens is 380 g/mol. The summed E-state index contributed by atoms with van der Waals surface area (Å²) in [6.45, 7) is 6.34. The normalized spacial score (nSPS) is 15.7. The summed E-state index contributed by atoms with van der Waals surface area (Å²) in [5, 5.41) is 3.18. The lowest BCUT2D eigenvalue weighted by Crippen LogP contribution is -3.14. The van der Waals surface area contributed by atoms with Crippen LogP contribution in [0.25, 0.3) is 6.08 Å². The van der Waals surface area contributed by atoms with Crippen LogP contribution < -0.4 is 19.7 Å². The summed E-state index contributed by atoms with van der Waals surface area (Å²) in [4.78, 5) is 14.2. The fourth-order valence-electron chi connectivity index (χ4n) is 3.55. The number of nitrogens with one attached hydrogen (secondary N) is 2.